The van der Waals surface area contributed by atoms with Crippen LogP contribution in [0.4, 0.5) is 11.4 Å². The zero-order valence-electron chi connectivity index (χ0n) is 12.8. The Bertz CT molecular complexity index is 546. The lowest BCUT2D eigenvalue weighted by Crippen LogP contribution is -2.51. The Balaban J connectivity index is 2.10. The number of likely N-dealkylation sites (tertiary alicyclic amines) is 1. The number of anilines is 2. The van der Waals surface area contributed by atoms with Crippen LogP contribution in [0.2, 0.25) is 0 Å². The fraction of sp³-hybridized carbons (Fsp3) is 0.500. The van der Waals surface area contributed by atoms with Gasteiger partial charge in [-0.25, -0.2) is 0 Å². The van der Waals surface area contributed by atoms with Gasteiger partial charge in [0.1, 0.15) is 0 Å². The Hall–Kier alpha value is -2.04. The molecule has 2 atom stereocenters. The highest BCUT2D eigenvalue weighted by atomic mass is 16.2. The summed E-state index contributed by atoms with van der Waals surface area (Å²) in [6.07, 6.45) is 2.98. The number of rotatable bonds is 1. The van der Waals surface area contributed by atoms with Crippen molar-refractivity contribution in [3.8, 4) is 0 Å². The predicted molar refractivity (Wildman–Crippen MR) is 83.8 cm³/mol. The average Bonchev–Trinajstić information content (AvgIpc) is 2.41. The van der Waals surface area contributed by atoms with Crippen molar-refractivity contribution in [3.63, 3.8) is 0 Å². The number of carbonyl (C=O) groups excluding carboxylic acids is 2. The second-order valence-corrected chi connectivity index (χ2v) is 5.89. The third-order valence-corrected chi connectivity index (χ3v) is 4.08. The molecule has 1 aromatic rings. The highest BCUT2D eigenvalue weighted by Gasteiger charge is 2.32. The van der Waals surface area contributed by atoms with Gasteiger partial charge in [-0.15, -0.1) is 0 Å². The van der Waals surface area contributed by atoms with E-state index in [1.165, 1.54) is 0 Å². The van der Waals surface area contributed by atoms with E-state index < -0.39 is 11.8 Å². The first-order valence-electron chi connectivity index (χ1n) is 7.40. The monoisotopic (exact) mass is 289 g/mol. The normalized spacial score (nSPS) is 22.0. The van der Waals surface area contributed by atoms with Gasteiger partial charge in [-0.3, -0.25) is 9.59 Å². The van der Waals surface area contributed by atoms with E-state index in [1.54, 1.807) is 17.0 Å². The minimum absolute atomic E-state index is 0.0994. The van der Waals surface area contributed by atoms with E-state index in [-0.39, 0.29) is 12.1 Å². The van der Waals surface area contributed by atoms with E-state index in [1.807, 2.05) is 26.8 Å². The first kappa shape index (κ1) is 15.4. The number of nitrogen functional groups attached to an aromatic ring is 1. The van der Waals surface area contributed by atoms with Crippen molar-refractivity contribution >= 4 is 23.2 Å². The maximum Gasteiger partial charge on any atom is 0.313 e. The van der Waals surface area contributed by atoms with Crippen LogP contribution in [0.3, 0.4) is 0 Å². The summed E-state index contributed by atoms with van der Waals surface area (Å²) in [5.41, 5.74) is 7.82. The summed E-state index contributed by atoms with van der Waals surface area (Å²) in [5.74, 6) is -1.10. The second-order valence-electron chi connectivity index (χ2n) is 5.89. The van der Waals surface area contributed by atoms with Crippen molar-refractivity contribution < 1.29 is 9.59 Å². The lowest BCUT2D eigenvalue weighted by atomic mass is 9.97. The molecule has 0 bridgehead atoms. The molecule has 114 valence electrons. The molecule has 2 amide bonds. The molecule has 2 rings (SSSR count). The van der Waals surface area contributed by atoms with Crippen molar-refractivity contribution in [2.45, 2.75) is 52.1 Å². The summed E-state index contributed by atoms with van der Waals surface area (Å²) >= 11 is 0. The van der Waals surface area contributed by atoms with Gasteiger partial charge in [0, 0.05) is 12.1 Å². The molecule has 1 aromatic carbocycles. The van der Waals surface area contributed by atoms with Gasteiger partial charge in [-0.2, -0.15) is 0 Å². The van der Waals surface area contributed by atoms with E-state index in [0.717, 1.165) is 24.8 Å². The molecule has 1 aliphatic rings. The van der Waals surface area contributed by atoms with Crippen LogP contribution in [-0.2, 0) is 9.59 Å². The molecule has 5 nitrogen and oxygen atoms in total. The summed E-state index contributed by atoms with van der Waals surface area (Å²) < 4.78 is 0. The standard InChI is InChI=1S/C16H23N3O2/c1-10-7-8-14(13(17)9-10)18-15(20)16(21)19-11(2)5-4-6-12(19)3/h7-9,11-12H,4-6,17H2,1-3H3,(H,18,20). The van der Waals surface area contributed by atoms with Gasteiger partial charge in [0.05, 0.1) is 11.4 Å². The molecule has 3 N–H and O–H groups in total. The molecule has 1 heterocycles. The highest BCUT2D eigenvalue weighted by molar-refractivity contribution is 6.40. The zero-order valence-corrected chi connectivity index (χ0v) is 12.8. The molecule has 2 unspecified atom stereocenters. The molecular weight excluding hydrogens is 266 g/mol. The quantitative estimate of drug-likeness (QED) is 0.615. The molecular formula is C16H23N3O2. The van der Waals surface area contributed by atoms with Crippen LogP contribution in [0.25, 0.3) is 0 Å². The van der Waals surface area contributed by atoms with Crippen LogP contribution < -0.4 is 11.1 Å². The van der Waals surface area contributed by atoms with Gasteiger partial charge in [0.2, 0.25) is 0 Å². The first-order chi connectivity index (χ1) is 9.90. The van der Waals surface area contributed by atoms with Crippen molar-refractivity contribution in [3.05, 3.63) is 23.8 Å². The van der Waals surface area contributed by atoms with E-state index in [2.05, 4.69) is 5.32 Å². The Kier molecular flexibility index (Phi) is 4.50. The van der Waals surface area contributed by atoms with Gasteiger partial charge in [-0.1, -0.05) is 6.07 Å². The second kappa shape index (κ2) is 6.16. The number of hydrogen-bond donors (Lipinski definition) is 2. The number of piperidine rings is 1. The Morgan fingerprint density at radius 1 is 1.24 bits per heavy atom. The maximum absolute atomic E-state index is 12.4. The zero-order chi connectivity index (χ0) is 15.6. The van der Waals surface area contributed by atoms with Crippen LogP contribution in [0.1, 0.15) is 38.7 Å². The molecule has 1 saturated heterocycles. The summed E-state index contributed by atoms with van der Waals surface area (Å²) in [5, 5.41) is 2.62. The number of hydrogen-bond acceptors (Lipinski definition) is 3. The topological polar surface area (TPSA) is 75.4 Å². The Morgan fingerprint density at radius 3 is 2.43 bits per heavy atom. The lowest BCUT2D eigenvalue weighted by Gasteiger charge is -2.38. The van der Waals surface area contributed by atoms with E-state index in [9.17, 15) is 9.59 Å². The molecule has 5 heteroatoms. The van der Waals surface area contributed by atoms with E-state index >= 15 is 0 Å². The van der Waals surface area contributed by atoms with Crippen LogP contribution in [0.15, 0.2) is 18.2 Å². The fourth-order valence-electron chi connectivity index (χ4n) is 2.91. The van der Waals surface area contributed by atoms with Crippen LogP contribution in [0.5, 0.6) is 0 Å². The van der Waals surface area contributed by atoms with Gasteiger partial charge in [-0.05, 0) is 57.7 Å². The molecule has 0 spiro atoms. The highest BCUT2D eigenvalue weighted by Crippen LogP contribution is 2.24. The number of amides is 2. The van der Waals surface area contributed by atoms with Crippen molar-refractivity contribution in [1.29, 1.82) is 0 Å². The van der Waals surface area contributed by atoms with Crippen molar-refractivity contribution in [1.82, 2.24) is 4.90 Å². The fourth-order valence-corrected chi connectivity index (χ4v) is 2.91. The third-order valence-electron chi connectivity index (χ3n) is 4.08. The first-order valence-corrected chi connectivity index (χ1v) is 7.40. The number of aryl methyl sites for hydroxylation is 1. The van der Waals surface area contributed by atoms with Gasteiger partial charge in [0.25, 0.3) is 0 Å². The number of nitrogens with one attached hydrogen (secondary N) is 1. The summed E-state index contributed by atoms with van der Waals surface area (Å²) in [4.78, 5) is 26.2. The van der Waals surface area contributed by atoms with Crippen LogP contribution in [-0.4, -0.2) is 28.8 Å². The van der Waals surface area contributed by atoms with Gasteiger partial charge in [0.15, 0.2) is 0 Å². The van der Waals surface area contributed by atoms with Crippen molar-refractivity contribution in [2.24, 2.45) is 0 Å². The molecule has 0 aromatic heterocycles. The smallest absolute Gasteiger partial charge is 0.313 e. The number of nitrogens with zero attached hydrogens (tertiary/aromatic N) is 1. The summed E-state index contributed by atoms with van der Waals surface area (Å²) in [6.45, 7) is 5.90. The summed E-state index contributed by atoms with van der Waals surface area (Å²) in [7, 11) is 0. The van der Waals surface area contributed by atoms with Crippen molar-refractivity contribution in [2.75, 3.05) is 11.1 Å². The third kappa shape index (κ3) is 3.35. The minimum Gasteiger partial charge on any atom is -0.397 e. The SMILES string of the molecule is Cc1ccc(NC(=O)C(=O)N2C(C)CCCC2C)c(N)c1. The van der Waals surface area contributed by atoms with Crippen LogP contribution in [0, 0.1) is 6.92 Å². The number of carbonyl (C=O) groups is 2. The molecule has 1 aliphatic heterocycles. The van der Waals surface area contributed by atoms with Gasteiger partial charge >= 0.3 is 11.8 Å². The molecule has 0 saturated carbocycles. The number of nitrogens with two attached hydrogens (primary N) is 1. The Morgan fingerprint density at radius 2 is 1.86 bits per heavy atom. The molecule has 0 aliphatic carbocycles. The summed E-state index contributed by atoms with van der Waals surface area (Å²) in [6, 6.07) is 5.54. The lowest BCUT2D eigenvalue weighted by molar-refractivity contribution is -0.147. The van der Waals surface area contributed by atoms with Crippen LogP contribution >= 0.6 is 0 Å². The predicted octanol–water partition coefficient (Wildman–Crippen LogP) is 2.31. The average molecular weight is 289 g/mol. The largest absolute Gasteiger partial charge is 0.397 e. The minimum atomic E-state index is -0.619. The maximum atomic E-state index is 12.4. The van der Waals surface area contributed by atoms with E-state index in [4.69, 9.17) is 5.73 Å². The molecule has 0 radical (unpaired) electrons. The number of benzene rings is 1. The van der Waals surface area contributed by atoms with Gasteiger partial charge < -0.3 is 16.0 Å². The molecule has 1 fully saturated rings. The van der Waals surface area contributed by atoms with E-state index in [0.29, 0.717) is 11.4 Å². The molecule has 21 heavy (non-hydrogen) atoms. The Labute approximate surface area is 125 Å².